The van der Waals surface area contributed by atoms with E-state index in [-0.39, 0.29) is 29.6 Å². The zero-order valence-electron chi connectivity index (χ0n) is 5.79. The molecule has 1 heterocycles. The summed E-state index contributed by atoms with van der Waals surface area (Å²) < 4.78 is 1.31. The molecule has 1 rings (SSSR count). The van der Waals surface area contributed by atoms with E-state index in [9.17, 15) is 9.59 Å². The normalized spacial score (nSPS) is 8.50. The summed E-state index contributed by atoms with van der Waals surface area (Å²) in [4.78, 5) is 23.9. The van der Waals surface area contributed by atoms with Crippen molar-refractivity contribution in [2.24, 2.45) is 7.05 Å². The minimum absolute atomic E-state index is 0. The van der Waals surface area contributed by atoms with E-state index in [4.69, 9.17) is 0 Å². The van der Waals surface area contributed by atoms with Crippen molar-refractivity contribution in [2.45, 2.75) is 0 Å². The Morgan fingerprint density at radius 1 is 1.60 bits per heavy atom. The molecule has 0 saturated carbocycles. The van der Waals surface area contributed by atoms with Crippen LogP contribution in [-0.4, -0.2) is 44.3 Å². The summed E-state index contributed by atoms with van der Waals surface area (Å²) in [7, 11) is 1.58. The predicted molar refractivity (Wildman–Crippen MR) is 35.9 cm³/mol. The maximum Gasteiger partial charge on any atom is 0.338 e. The van der Waals surface area contributed by atoms with Crippen molar-refractivity contribution in [1.29, 1.82) is 0 Å². The van der Waals surface area contributed by atoms with Gasteiger partial charge in [-0.05, 0) is 0 Å². The molecule has 10 heavy (non-hydrogen) atoms. The summed E-state index contributed by atoms with van der Waals surface area (Å²) in [5, 5.41) is 2.22. The number of nitrogens with zero attached hydrogens (tertiary/aromatic N) is 2. The molecule has 0 aliphatic carbocycles. The summed E-state index contributed by atoms with van der Waals surface area (Å²) in [6, 6.07) is 0. The Bertz CT molecular complexity index is 315. The first kappa shape index (κ1) is 9.61. The number of nitrogens with one attached hydrogen (secondary N) is 1. The molecule has 0 bridgehead atoms. The smallest absolute Gasteiger partial charge is 0.277 e. The first-order valence-corrected chi connectivity index (χ1v) is 2.32. The van der Waals surface area contributed by atoms with Gasteiger partial charge in [-0.2, -0.15) is 4.98 Å². The second-order valence-corrected chi connectivity index (χ2v) is 1.60. The number of aryl methyl sites for hydroxylation is 1. The molecule has 0 aromatic carbocycles. The van der Waals surface area contributed by atoms with Gasteiger partial charge in [-0.15, -0.1) is 0 Å². The molecule has 0 atom stereocenters. The van der Waals surface area contributed by atoms with Gasteiger partial charge in [0.1, 0.15) is 6.33 Å². The third kappa shape index (κ3) is 2.09. The van der Waals surface area contributed by atoms with Crippen LogP contribution in [-0.2, 0) is 7.05 Å². The second-order valence-electron chi connectivity index (χ2n) is 1.60. The Hall–Kier alpha value is -0.390. The van der Waals surface area contributed by atoms with Gasteiger partial charge in [0.15, 0.2) is 0 Å². The number of aromatic nitrogens is 3. The first-order valence-electron chi connectivity index (χ1n) is 2.32. The van der Waals surface area contributed by atoms with E-state index in [1.807, 2.05) is 0 Å². The molecule has 0 fully saturated rings. The summed E-state index contributed by atoms with van der Waals surface area (Å²) in [6.45, 7) is 0. The van der Waals surface area contributed by atoms with E-state index in [0.717, 1.165) is 0 Å². The van der Waals surface area contributed by atoms with E-state index >= 15 is 0 Å². The van der Waals surface area contributed by atoms with Crippen LogP contribution in [0.3, 0.4) is 0 Å². The van der Waals surface area contributed by atoms with Crippen LogP contribution in [0.1, 0.15) is 0 Å². The molecule has 6 heteroatoms. The minimum Gasteiger partial charge on any atom is -0.277 e. The average Bonchev–Trinajstić information content (AvgIpc) is 1.80. The third-order valence-electron chi connectivity index (χ3n) is 0.820. The Kier molecular flexibility index (Phi) is 3.55. The number of rotatable bonds is 0. The molecule has 1 aromatic heterocycles. The number of H-pyrrole nitrogens is 1. The monoisotopic (exact) mass is 150 g/mol. The number of hydrogen-bond donors (Lipinski definition) is 1. The van der Waals surface area contributed by atoms with Crippen LogP contribution in [0.2, 0.25) is 0 Å². The second kappa shape index (κ2) is 3.70. The van der Waals surface area contributed by atoms with Gasteiger partial charge in [-0.25, -0.2) is 0 Å². The molecule has 0 aliphatic rings. The van der Waals surface area contributed by atoms with Gasteiger partial charge in [0.25, 0.3) is 0 Å². The average molecular weight is 150 g/mol. The van der Waals surface area contributed by atoms with E-state index < -0.39 is 11.1 Å². The van der Waals surface area contributed by atoms with Crippen molar-refractivity contribution < 1.29 is 0 Å². The zero-order chi connectivity index (χ0) is 6.85. The summed E-state index contributed by atoms with van der Waals surface area (Å²) >= 11 is 0. The molecule has 0 saturated heterocycles. The predicted octanol–water partition coefficient (Wildman–Crippen LogP) is -1.91. The van der Waals surface area contributed by atoms with E-state index in [1.165, 1.54) is 11.0 Å². The molecule has 1 aromatic rings. The van der Waals surface area contributed by atoms with Crippen molar-refractivity contribution in [3.05, 3.63) is 27.0 Å². The van der Waals surface area contributed by atoms with Crippen molar-refractivity contribution in [1.82, 2.24) is 14.8 Å². The molecule has 5 nitrogen and oxygen atoms in total. The number of aromatic amines is 1. The zero-order valence-corrected chi connectivity index (χ0v) is 7.79. The van der Waals surface area contributed by atoms with Gasteiger partial charge in [0, 0.05) is 36.6 Å². The quantitative estimate of drug-likeness (QED) is 0.346. The van der Waals surface area contributed by atoms with Gasteiger partial charge in [-0.3, -0.25) is 19.4 Å². The third-order valence-corrected chi connectivity index (χ3v) is 0.820. The minimum atomic E-state index is -0.756. The summed E-state index contributed by atoms with van der Waals surface area (Å²) in [5.41, 5.74) is -1.45. The van der Waals surface area contributed by atoms with Gasteiger partial charge >= 0.3 is 11.1 Å². The van der Waals surface area contributed by atoms with E-state index in [2.05, 4.69) is 10.1 Å². The van der Waals surface area contributed by atoms with Crippen LogP contribution in [0.4, 0.5) is 0 Å². The van der Waals surface area contributed by atoms with E-state index in [1.54, 1.807) is 7.05 Å². The fraction of sp³-hybridized carbons (Fsp3) is 0.250. The fourth-order valence-corrected chi connectivity index (χ4v) is 0.435. The van der Waals surface area contributed by atoms with E-state index in [0.29, 0.717) is 0 Å². The maximum atomic E-state index is 10.4. The van der Waals surface area contributed by atoms with Crippen LogP contribution in [0.5, 0.6) is 0 Å². The molecule has 0 spiro atoms. The maximum absolute atomic E-state index is 10.4. The summed E-state index contributed by atoms with van der Waals surface area (Å²) in [6.07, 6.45) is 1.24. The van der Waals surface area contributed by atoms with Gasteiger partial charge < -0.3 is 0 Å². The van der Waals surface area contributed by atoms with Gasteiger partial charge in [0.05, 0.1) is 0 Å². The topological polar surface area (TPSA) is 67.8 Å². The Labute approximate surface area is 78.4 Å². The molecule has 0 unspecified atom stereocenters. The Morgan fingerprint density at radius 2 is 2.20 bits per heavy atom. The molecular formula is C4H5N3NaO2. The molecule has 49 valence electrons. The van der Waals surface area contributed by atoms with Crippen LogP contribution in [0.25, 0.3) is 0 Å². The molecular weight excluding hydrogens is 145 g/mol. The SMILES string of the molecule is Cn1cnc(=O)c(=O)[nH]1.[Na]. The van der Waals surface area contributed by atoms with Gasteiger partial charge in [0.2, 0.25) is 0 Å². The van der Waals surface area contributed by atoms with Crippen LogP contribution in [0.15, 0.2) is 15.9 Å². The molecule has 0 aliphatic heterocycles. The Morgan fingerprint density at radius 3 is 2.60 bits per heavy atom. The fourth-order valence-electron chi connectivity index (χ4n) is 0.435. The molecule has 1 N–H and O–H groups in total. The first-order chi connectivity index (χ1) is 4.20. The van der Waals surface area contributed by atoms with Crippen LogP contribution >= 0.6 is 0 Å². The molecule has 1 radical (unpaired) electrons. The van der Waals surface area contributed by atoms with Crippen LogP contribution < -0.4 is 11.1 Å². The standard InChI is InChI=1S/C4H5N3O2.Na/c1-7-2-5-3(8)4(9)6-7;/h2H,1H3,(H,6,9);. The van der Waals surface area contributed by atoms with Crippen molar-refractivity contribution in [3.63, 3.8) is 0 Å². The van der Waals surface area contributed by atoms with Gasteiger partial charge in [-0.1, -0.05) is 0 Å². The largest absolute Gasteiger partial charge is 0.338 e. The van der Waals surface area contributed by atoms with Crippen molar-refractivity contribution in [2.75, 3.05) is 0 Å². The van der Waals surface area contributed by atoms with Crippen molar-refractivity contribution in [3.8, 4) is 0 Å². The van der Waals surface area contributed by atoms with Crippen LogP contribution in [0, 0.1) is 0 Å². The van der Waals surface area contributed by atoms with Crippen molar-refractivity contribution >= 4 is 29.6 Å². The number of hydrogen-bond acceptors (Lipinski definition) is 3. The Balaban J connectivity index is 0.000000810. The summed E-state index contributed by atoms with van der Waals surface area (Å²) in [5.74, 6) is 0. The molecule has 0 amide bonds.